The number of hydrogen-bond donors (Lipinski definition) is 1. The van der Waals surface area contributed by atoms with Gasteiger partial charge in [0.1, 0.15) is 0 Å². The standard InChI is InChI=1S/C14H19ClN2/c1-11-8-12(15)2-3-13(11)17-6-4-14(5-7-17)9-16-10-14/h2-3,8,16H,4-7,9-10H2,1H3. The molecule has 2 aliphatic rings. The van der Waals surface area contributed by atoms with Gasteiger partial charge in [-0.25, -0.2) is 0 Å². The van der Waals surface area contributed by atoms with Gasteiger partial charge in [0.15, 0.2) is 0 Å². The molecular weight excluding hydrogens is 232 g/mol. The Morgan fingerprint density at radius 2 is 1.94 bits per heavy atom. The van der Waals surface area contributed by atoms with Gasteiger partial charge in [-0.2, -0.15) is 0 Å². The third-order valence-corrected chi connectivity index (χ3v) is 4.56. The molecule has 92 valence electrons. The van der Waals surface area contributed by atoms with E-state index in [1.807, 2.05) is 6.07 Å². The van der Waals surface area contributed by atoms with E-state index in [0.717, 1.165) is 5.02 Å². The molecule has 2 nitrogen and oxygen atoms in total. The first-order valence-electron chi connectivity index (χ1n) is 6.40. The van der Waals surface area contributed by atoms with Crippen LogP contribution in [0.25, 0.3) is 0 Å². The second-order valence-electron chi connectivity index (χ2n) is 5.52. The first-order valence-corrected chi connectivity index (χ1v) is 6.78. The summed E-state index contributed by atoms with van der Waals surface area (Å²) in [5, 5.41) is 4.25. The summed E-state index contributed by atoms with van der Waals surface area (Å²) in [6.07, 6.45) is 2.64. The lowest BCUT2D eigenvalue weighted by Gasteiger charge is -2.49. The second kappa shape index (κ2) is 4.18. The zero-order valence-corrected chi connectivity index (χ0v) is 11.1. The molecule has 0 aliphatic carbocycles. The molecular formula is C14H19ClN2. The van der Waals surface area contributed by atoms with Gasteiger partial charge in [0, 0.05) is 36.9 Å². The summed E-state index contributed by atoms with van der Waals surface area (Å²) in [6, 6.07) is 6.22. The zero-order chi connectivity index (χ0) is 11.9. The largest absolute Gasteiger partial charge is 0.371 e. The Hall–Kier alpha value is -0.730. The highest BCUT2D eigenvalue weighted by molar-refractivity contribution is 6.30. The van der Waals surface area contributed by atoms with E-state index in [0.29, 0.717) is 5.41 Å². The molecule has 0 unspecified atom stereocenters. The van der Waals surface area contributed by atoms with Crippen LogP contribution in [-0.2, 0) is 0 Å². The zero-order valence-electron chi connectivity index (χ0n) is 10.3. The predicted octanol–water partition coefficient (Wildman–Crippen LogP) is 2.84. The molecule has 1 N–H and O–H groups in total. The lowest BCUT2D eigenvalue weighted by molar-refractivity contribution is 0.126. The van der Waals surface area contributed by atoms with Gasteiger partial charge in [0.25, 0.3) is 0 Å². The molecule has 1 spiro atoms. The Morgan fingerprint density at radius 1 is 1.24 bits per heavy atom. The van der Waals surface area contributed by atoms with Crippen molar-refractivity contribution in [2.45, 2.75) is 19.8 Å². The average Bonchev–Trinajstić information content (AvgIpc) is 2.27. The van der Waals surface area contributed by atoms with Crippen molar-refractivity contribution in [3.8, 4) is 0 Å². The Bertz CT molecular complexity index is 416. The highest BCUT2D eigenvalue weighted by Crippen LogP contribution is 2.37. The number of piperidine rings is 1. The Balaban J connectivity index is 1.73. The minimum Gasteiger partial charge on any atom is -0.371 e. The summed E-state index contributed by atoms with van der Waals surface area (Å²) in [5.74, 6) is 0. The monoisotopic (exact) mass is 250 g/mol. The van der Waals surface area contributed by atoms with Crippen molar-refractivity contribution in [3.05, 3.63) is 28.8 Å². The summed E-state index contributed by atoms with van der Waals surface area (Å²) >= 11 is 6.01. The topological polar surface area (TPSA) is 15.3 Å². The van der Waals surface area contributed by atoms with Crippen molar-refractivity contribution >= 4 is 17.3 Å². The van der Waals surface area contributed by atoms with Crippen LogP contribution in [0, 0.1) is 12.3 Å². The molecule has 0 radical (unpaired) electrons. The first kappa shape index (κ1) is 11.4. The number of halogens is 1. The van der Waals surface area contributed by atoms with Gasteiger partial charge in [-0.05, 0) is 48.9 Å². The molecule has 2 heterocycles. The quantitative estimate of drug-likeness (QED) is 0.825. The van der Waals surface area contributed by atoms with Gasteiger partial charge in [-0.3, -0.25) is 0 Å². The van der Waals surface area contributed by atoms with Gasteiger partial charge in [0.2, 0.25) is 0 Å². The van der Waals surface area contributed by atoms with Crippen molar-refractivity contribution < 1.29 is 0 Å². The molecule has 3 heteroatoms. The van der Waals surface area contributed by atoms with Crippen molar-refractivity contribution in [1.82, 2.24) is 5.32 Å². The average molecular weight is 251 g/mol. The van der Waals surface area contributed by atoms with Crippen LogP contribution in [-0.4, -0.2) is 26.2 Å². The van der Waals surface area contributed by atoms with Crippen LogP contribution in [0.3, 0.4) is 0 Å². The number of rotatable bonds is 1. The number of hydrogen-bond acceptors (Lipinski definition) is 2. The van der Waals surface area contributed by atoms with Gasteiger partial charge in [0.05, 0.1) is 0 Å². The molecule has 0 saturated carbocycles. The number of aryl methyl sites for hydroxylation is 1. The molecule has 0 atom stereocenters. The van der Waals surface area contributed by atoms with Crippen LogP contribution in [0.4, 0.5) is 5.69 Å². The summed E-state index contributed by atoms with van der Waals surface area (Å²) < 4.78 is 0. The summed E-state index contributed by atoms with van der Waals surface area (Å²) in [5.41, 5.74) is 3.27. The predicted molar refractivity (Wildman–Crippen MR) is 72.9 cm³/mol. The molecule has 17 heavy (non-hydrogen) atoms. The minimum absolute atomic E-state index is 0.622. The molecule has 1 aromatic rings. The van der Waals surface area contributed by atoms with Crippen LogP contribution in [0.2, 0.25) is 5.02 Å². The van der Waals surface area contributed by atoms with Crippen LogP contribution < -0.4 is 10.2 Å². The van der Waals surface area contributed by atoms with E-state index >= 15 is 0 Å². The summed E-state index contributed by atoms with van der Waals surface area (Å²) in [4.78, 5) is 2.51. The van der Waals surface area contributed by atoms with Gasteiger partial charge >= 0.3 is 0 Å². The van der Waals surface area contributed by atoms with E-state index in [2.05, 4.69) is 29.3 Å². The Morgan fingerprint density at radius 3 is 2.47 bits per heavy atom. The maximum atomic E-state index is 6.01. The number of benzene rings is 1. The van der Waals surface area contributed by atoms with Crippen molar-refractivity contribution in [3.63, 3.8) is 0 Å². The van der Waals surface area contributed by atoms with Crippen molar-refractivity contribution in [2.24, 2.45) is 5.41 Å². The van der Waals surface area contributed by atoms with Gasteiger partial charge in [-0.1, -0.05) is 11.6 Å². The maximum absolute atomic E-state index is 6.01. The highest BCUT2D eigenvalue weighted by atomic mass is 35.5. The smallest absolute Gasteiger partial charge is 0.0410 e. The van der Waals surface area contributed by atoms with Gasteiger partial charge in [-0.15, -0.1) is 0 Å². The number of nitrogens with zero attached hydrogens (tertiary/aromatic N) is 1. The van der Waals surface area contributed by atoms with E-state index in [1.54, 1.807) is 0 Å². The normalized spacial score (nSPS) is 22.6. The van der Waals surface area contributed by atoms with E-state index in [4.69, 9.17) is 11.6 Å². The fourth-order valence-corrected chi connectivity index (χ4v) is 3.25. The number of nitrogens with one attached hydrogen (secondary N) is 1. The van der Waals surface area contributed by atoms with Crippen molar-refractivity contribution in [1.29, 1.82) is 0 Å². The molecule has 2 aliphatic heterocycles. The SMILES string of the molecule is Cc1cc(Cl)ccc1N1CCC2(CC1)CNC2. The van der Waals surface area contributed by atoms with E-state index in [1.165, 1.54) is 50.3 Å². The molecule has 0 amide bonds. The number of anilines is 1. The summed E-state index contributed by atoms with van der Waals surface area (Å²) in [6.45, 7) is 6.96. The third-order valence-electron chi connectivity index (χ3n) is 4.32. The molecule has 3 rings (SSSR count). The molecule has 2 saturated heterocycles. The van der Waals surface area contributed by atoms with E-state index in [9.17, 15) is 0 Å². The first-order chi connectivity index (χ1) is 8.19. The molecule has 0 bridgehead atoms. The van der Waals surface area contributed by atoms with Crippen molar-refractivity contribution in [2.75, 3.05) is 31.1 Å². The maximum Gasteiger partial charge on any atom is 0.0410 e. The van der Waals surface area contributed by atoms with Crippen LogP contribution >= 0.6 is 11.6 Å². The van der Waals surface area contributed by atoms with Crippen LogP contribution in [0.1, 0.15) is 18.4 Å². The summed E-state index contributed by atoms with van der Waals surface area (Å²) in [7, 11) is 0. The lowest BCUT2D eigenvalue weighted by Crippen LogP contribution is -2.58. The highest BCUT2D eigenvalue weighted by Gasteiger charge is 2.39. The fraction of sp³-hybridized carbons (Fsp3) is 0.571. The van der Waals surface area contributed by atoms with E-state index in [-0.39, 0.29) is 0 Å². The molecule has 0 aromatic heterocycles. The second-order valence-corrected chi connectivity index (χ2v) is 5.96. The fourth-order valence-electron chi connectivity index (χ4n) is 3.03. The Kier molecular flexibility index (Phi) is 2.80. The lowest BCUT2D eigenvalue weighted by atomic mass is 9.73. The van der Waals surface area contributed by atoms with Crippen LogP contribution in [0.5, 0.6) is 0 Å². The Labute approximate surface area is 108 Å². The third kappa shape index (κ3) is 2.04. The van der Waals surface area contributed by atoms with Gasteiger partial charge < -0.3 is 10.2 Å². The van der Waals surface area contributed by atoms with E-state index < -0.39 is 0 Å². The van der Waals surface area contributed by atoms with Crippen LogP contribution in [0.15, 0.2) is 18.2 Å². The molecule has 1 aromatic carbocycles. The molecule has 2 fully saturated rings. The minimum atomic E-state index is 0.622.